The highest BCUT2D eigenvalue weighted by molar-refractivity contribution is 5.30. The van der Waals surface area contributed by atoms with Gasteiger partial charge in [0.15, 0.2) is 0 Å². The average molecular weight is 988 g/mol. The fraction of sp³-hybridized carbons (Fsp3) is 0.651. The summed E-state index contributed by atoms with van der Waals surface area (Å²) in [5.74, 6) is 1.06. The maximum absolute atomic E-state index is 5.41. The molecular formula is C63H102N8O. The first-order valence-corrected chi connectivity index (χ1v) is 28.7. The summed E-state index contributed by atoms with van der Waals surface area (Å²) >= 11 is 0. The van der Waals surface area contributed by atoms with E-state index in [-0.39, 0.29) is 0 Å². The molecule has 9 rings (SSSR count). The van der Waals surface area contributed by atoms with Crippen LogP contribution in [0.15, 0.2) is 108 Å². The number of piperidine rings is 4. The predicted octanol–water partition coefficient (Wildman–Crippen LogP) is 11.5. The molecule has 9 heteroatoms. The number of likely N-dealkylation sites (N-methyl/N-ethyl adjacent to an activating group) is 3. The molecule has 6 heterocycles. The summed E-state index contributed by atoms with van der Waals surface area (Å²) in [6, 6.07) is 40.1. The number of furan rings is 1. The summed E-state index contributed by atoms with van der Waals surface area (Å²) < 4.78 is 5.41. The molecule has 4 atom stereocenters. The standard InChI is InChI=1S/C17H28N2.C16H24N2.C16H26N2.C14H24N2O/c1-15(2)19-12-7-10-17(14-19)18(3)13-11-16-8-5-4-6-9-16;1-13(2)17-9-5-8-16(12-17)18-10-14-6-3-4-7-15(14)11-18;1-14(2)18-11-7-10-16(13-18)17(3)12-15-8-5-4-6-9-15;1-12(2)16-8-4-6-13(10-16)15(3)11-14-7-5-9-17-14/h4-6,8-9,15,17H,7,10-14H2,1-3H3;3-4,6-7,13,16H,5,8-12H2,1-2H3;4-6,8-9,14,16H,7,10-13H2,1-3H3;5,7,9,12-13H,4,6,8,10-11H2,1-3H3. The van der Waals surface area contributed by atoms with E-state index < -0.39 is 0 Å². The summed E-state index contributed by atoms with van der Waals surface area (Å²) in [6.07, 6.45) is 13.6. The Balaban J connectivity index is 0.000000157. The number of nitrogens with zero attached hydrogens (tertiary/aromatic N) is 8. The molecule has 1 aromatic heterocycles. The second kappa shape index (κ2) is 30.2. The Morgan fingerprint density at radius 3 is 1.33 bits per heavy atom. The number of rotatable bonds is 15. The molecule has 400 valence electrons. The maximum atomic E-state index is 5.41. The highest BCUT2D eigenvalue weighted by Gasteiger charge is 2.31. The fourth-order valence-corrected chi connectivity index (χ4v) is 11.7. The minimum atomic E-state index is 0.662. The Morgan fingerprint density at radius 1 is 0.458 bits per heavy atom. The number of hydrogen-bond acceptors (Lipinski definition) is 9. The molecule has 0 amide bonds. The third kappa shape index (κ3) is 18.8. The van der Waals surface area contributed by atoms with Crippen molar-refractivity contribution in [3.8, 4) is 0 Å². The summed E-state index contributed by atoms with van der Waals surface area (Å²) in [7, 11) is 6.76. The van der Waals surface area contributed by atoms with Crippen molar-refractivity contribution in [2.24, 2.45) is 0 Å². The van der Waals surface area contributed by atoms with E-state index in [0.717, 1.165) is 50.4 Å². The van der Waals surface area contributed by atoms with Crippen molar-refractivity contribution in [1.82, 2.24) is 39.2 Å². The van der Waals surface area contributed by atoms with E-state index >= 15 is 0 Å². The molecule has 5 aliphatic heterocycles. The third-order valence-corrected chi connectivity index (χ3v) is 16.7. The second-order valence-electron chi connectivity index (χ2n) is 23.3. The third-order valence-electron chi connectivity index (χ3n) is 16.7. The van der Waals surface area contributed by atoms with Crippen LogP contribution in [-0.2, 0) is 32.6 Å². The van der Waals surface area contributed by atoms with Crippen molar-refractivity contribution in [2.75, 3.05) is 80.0 Å². The quantitative estimate of drug-likeness (QED) is 0.116. The first-order chi connectivity index (χ1) is 34.7. The molecule has 0 saturated carbocycles. The molecule has 3 aromatic carbocycles. The summed E-state index contributed by atoms with van der Waals surface area (Å²) in [4.78, 5) is 20.6. The molecule has 4 saturated heterocycles. The van der Waals surface area contributed by atoms with Crippen LogP contribution in [-0.4, -0.2) is 168 Å². The number of hydrogen-bond donors (Lipinski definition) is 0. The molecule has 0 radical (unpaired) electrons. The molecule has 0 aliphatic carbocycles. The molecule has 72 heavy (non-hydrogen) atoms. The van der Waals surface area contributed by atoms with Gasteiger partial charge >= 0.3 is 0 Å². The molecule has 4 unspecified atom stereocenters. The zero-order valence-electron chi connectivity index (χ0n) is 47.5. The van der Waals surface area contributed by atoms with Gasteiger partial charge in [-0.1, -0.05) is 84.9 Å². The Labute approximate surface area is 440 Å². The Morgan fingerprint density at radius 2 is 0.875 bits per heavy atom. The molecule has 0 spiro atoms. The lowest BCUT2D eigenvalue weighted by Crippen LogP contribution is -2.49. The van der Waals surface area contributed by atoms with Gasteiger partial charge in [-0.15, -0.1) is 0 Å². The highest BCUT2D eigenvalue weighted by atomic mass is 16.3. The van der Waals surface area contributed by atoms with Crippen molar-refractivity contribution >= 4 is 0 Å². The number of likely N-dealkylation sites (tertiary alicyclic amines) is 4. The van der Waals surface area contributed by atoms with Crippen molar-refractivity contribution in [3.05, 3.63) is 131 Å². The Hall–Kier alpha value is -3.38. The van der Waals surface area contributed by atoms with Gasteiger partial charge in [0.25, 0.3) is 0 Å². The van der Waals surface area contributed by atoms with Gasteiger partial charge in [-0.2, -0.15) is 0 Å². The maximum Gasteiger partial charge on any atom is 0.117 e. The van der Waals surface area contributed by atoms with Crippen LogP contribution in [0, 0.1) is 0 Å². The van der Waals surface area contributed by atoms with Gasteiger partial charge in [0.1, 0.15) is 5.76 Å². The van der Waals surface area contributed by atoms with Crippen LogP contribution < -0.4 is 0 Å². The van der Waals surface area contributed by atoms with Crippen molar-refractivity contribution < 1.29 is 4.42 Å². The lowest BCUT2D eigenvalue weighted by atomic mass is 10.0. The van der Waals surface area contributed by atoms with Gasteiger partial charge in [0, 0.05) is 101 Å². The van der Waals surface area contributed by atoms with E-state index in [9.17, 15) is 0 Å². The zero-order valence-corrected chi connectivity index (χ0v) is 47.5. The van der Waals surface area contributed by atoms with Crippen LogP contribution in [0.4, 0.5) is 0 Å². The van der Waals surface area contributed by atoms with E-state index in [4.69, 9.17) is 4.42 Å². The van der Waals surface area contributed by atoms with Crippen LogP contribution in [0.3, 0.4) is 0 Å². The van der Waals surface area contributed by atoms with E-state index in [0.29, 0.717) is 36.3 Å². The lowest BCUT2D eigenvalue weighted by Gasteiger charge is -2.39. The van der Waals surface area contributed by atoms with Crippen LogP contribution in [0.5, 0.6) is 0 Å². The molecular weight excluding hydrogens is 885 g/mol. The first-order valence-electron chi connectivity index (χ1n) is 28.7. The number of fused-ring (bicyclic) bond motifs is 1. The fourth-order valence-electron chi connectivity index (χ4n) is 11.7. The van der Waals surface area contributed by atoms with Gasteiger partial charge < -0.3 is 9.32 Å². The predicted molar refractivity (Wildman–Crippen MR) is 305 cm³/mol. The normalized spacial score (nSPS) is 22.8. The van der Waals surface area contributed by atoms with Gasteiger partial charge in [0.2, 0.25) is 0 Å². The molecule has 0 N–H and O–H groups in total. The first kappa shape index (κ1) is 57.9. The lowest BCUT2D eigenvalue weighted by molar-refractivity contribution is 0.0781. The summed E-state index contributed by atoms with van der Waals surface area (Å²) in [5.41, 5.74) is 5.95. The highest BCUT2D eigenvalue weighted by Crippen LogP contribution is 2.28. The van der Waals surface area contributed by atoms with Gasteiger partial charge in [0.05, 0.1) is 12.8 Å². The SMILES string of the molecule is CC(C)N1CCCC(N(C)CCc2ccccc2)C1.CC(C)N1CCCC(N(C)Cc2ccccc2)C1.CC(C)N1CCCC(N(C)Cc2ccco2)C1.CC(C)N1CCCC(N2Cc3ccccc3C2)C1. The van der Waals surface area contributed by atoms with Gasteiger partial charge in [-0.05, 0) is 195 Å². The summed E-state index contributed by atoms with van der Waals surface area (Å²) in [5, 5.41) is 0. The topological polar surface area (TPSA) is 39.1 Å². The van der Waals surface area contributed by atoms with Crippen molar-refractivity contribution in [1.29, 1.82) is 0 Å². The monoisotopic (exact) mass is 987 g/mol. The smallest absolute Gasteiger partial charge is 0.117 e. The molecule has 0 bridgehead atoms. The van der Waals surface area contributed by atoms with Crippen LogP contribution in [0.1, 0.15) is 135 Å². The molecule has 4 fully saturated rings. The Bertz CT molecular complexity index is 2000. The summed E-state index contributed by atoms with van der Waals surface area (Å²) in [6.45, 7) is 33.9. The minimum absolute atomic E-state index is 0.662. The van der Waals surface area contributed by atoms with E-state index in [2.05, 4.69) is 207 Å². The molecule has 4 aromatic rings. The zero-order chi connectivity index (χ0) is 51.4. The largest absolute Gasteiger partial charge is 0.468 e. The molecule has 9 nitrogen and oxygen atoms in total. The Kier molecular flexibility index (Phi) is 24.3. The second-order valence-corrected chi connectivity index (χ2v) is 23.3. The van der Waals surface area contributed by atoms with E-state index in [1.165, 1.54) is 121 Å². The van der Waals surface area contributed by atoms with Gasteiger partial charge in [-0.3, -0.25) is 34.3 Å². The van der Waals surface area contributed by atoms with Crippen LogP contribution in [0.2, 0.25) is 0 Å². The number of benzene rings is 3. The van der Waals surface area contributed by atoms with E-state index in [1.807, 2.05) is 6.07 Å². The molecule has 5 aliphatic rings. The van der Waals surface area contributed by atoms with Crippen LogP contribution >= 0.6 is 0 Å². The minimum Gasteiger partial charge on any atom is -0.468 e. The van der Waals surface area contributed by atoms with Crippen LogP contribution in [0.25, 0.3) is 0 Å². The van der Waals surface area contributed by atoms with Crippen molar-refractivity contribution in [2.45, 2.75) is 188 Å². The van der Waals surface area contributed by atoms with Crippen molar-refractivity contribution in [3.63, 3.8) is 0 Å². The van der Waals surface area contributed by atoms with E-state index in [1.54, 1.807) is 17.4 Å². The average Bonchev–Trinajstić information content (AvgIpc) is 4.10. The van der Waals surface area contributed by atoms with Gasteiger partial charge in [-0.25, -0.2) is 0 Å².